The monoisotopic (exact) mass is 491 g/mol. The van der Waals surface area contributed by atoms with Gasteiger partial charge in [-0.3, -0.25) is 0 Å². The summed E-state index contributed by atoms with van der Waals surface area (Å²) in [7, 11) is 5.56. The molecule has 6 heteroatoms. The standard InChI is InChI=1S/C30H41N3O3/c1-20(2)29-25-19-22(33-16-12-24(13-17-33)36-23-10-14-32(3)15-11-23)7-8-26(25)31-30(29)21-6-9-27(34-4)28(18-21)35-5/h6-9,18-20,23-24,31H,10-17H2,1-5H3. The highest BCUT2D eigenvalue weighted by Crippen LogP contribution is 2.40. The summed E-state index contributed by atoms with van der Waals surface area (Å²) in [5, 5.41) is 1.30. The highest BCUT2D eigenvalue weighted by molar-refractivity contribution is 5.93. The number of nitrogens with zero attached hydrogens (tertiary/aromatic N) is 2. The van der Waals surface area contributed by atoms with Gasteiger partial charge in [0.2, 0.25) is 0 Å². The Kier molecular flexibility index (Phi) is 7.44. The number of rotatable bonds is 7. The fourth-order valence-corrected chi connectivity index (χ4v) is 5.86. The maximum absolute atomic E-state index is 6.50. The van der Waals surface area contributed by atoms with Crippen molar-refractivity contribution in [3.05, 3.63) is 42.0 Å². The molecule has 3 aromatic rings. The lowest BCUT2D eigenvalue weighted by Gasteiger charge is -2.37. The summed E-state index contributed by atoms with van der Waals surface area (Å²) in [6.07, 6.45) is 5.38. The molecule has 2 aromatic carbocycles. The lowest BCUT2D eigenvalue weighted by molar-refractivity contribution is -0.0482. The van der Waals surface area contributed by atoms with Crippen LogP contribution in [0, 0.1) is 0 Å². The minimum atomic E-state index is 0.380. The number of hydrogen-bond acceptors (Lipinski definition) is 5. The van der Waals surface area contributed by atoms with E-state index in [4.69, 9.17) is 14.2 Å². The van der Waals surface area contributed by atoms with Crippen molar-refractivity contribution in [3.8, 4) is 22.8 Å². The summed E-state index contributed by atoms with van der Waals surface area (Å²) >= 11 is 0. The van der Waals surface area contributed by atoms with Crippen LogP contribution < -0.4 is 14.4 Å². The van der Waals surface area contributed by atoms with Crippen LogP contribution in [0.4, 0.5) is 5.69 Å². The molecule has 0 radical (unpaired) electrons. The first-order chi connectivity index (χ1) is 17.5. The van der Waals surface area contributed by atoms with E-state index in [2.05, 4.69) is 66.0 Å². The largest absolute Gasteiger partial charge is 0.493 e. The topological polar surface area (TPSA) is 50.0 Å². The molecule has 194 valence electrons. The van der Waals surface area contributed by atoms with E-state index in [-0.39, 0.29) is 0 Å². The van der Waals surface area contributed by atoms with Gasteiger partial charge in [-0.1, -0.05) is 13.8 Å². The first-order valence-electron chi connectivity index (χ1n) is 13.4. The first kappa shape index (κ1) is 25.0. The fraction of sp³-hybridized carbons (Fsp3) is 0.533. The first-order valence-corrected chi connectivity index (χ1v) is 13.4. The summed E-state index contributed by atoms with van der Waals surface area (Å²) in [5.41, 5.74) is 6.09. The molecule has 2 aliphatic heterocycles. The smallest absolute Gasteiger partial charge is 0.161 e. The van der Waals surface area contributed by atoms with Crippen LogP contribution in [0.15, 0.2) is 36.4 Å². The van der Waals surface area contributed by atoms with E-state index in [1.165, 1.54) is 35.0 Å². The Bertz CT molecular complexity index is 1170. The Balaban J connectivity index is 1.35. The molecule has 0 aliphatic carbocycles. The quantitative estimate of drug-likeness (QED) is 0.436. The second-order valence-corrected chi connectivity index (χ2v) is 10.7. The number of aromatic nitrogens is 1. The normalized spacial score (nSPS) is 18.3. The number of fused-ring (bicyclic) bond motifs is 1. The molecule has 2 aliphatic rings. The number of anilines is 1. The molecule has 2 saturated heterocycles. The number of methoxy groups -OCH3 is 2. The van der Waals surface area contributed by atoms with E-state index in [1.54, 1.807) is 14.2 Å². The van der Waals surface area contributed by atoms with Crippen molar-refractivity contribution in [2.24, 2.45) is 0 Å². The van der Waals surface area contributed by atoms with E-state index < -0.39 is 0 Å². The van der Waals surface area contributed by atoms with Crippen molar-refractivity contribution in [2.45, 2.75) is 57.7 Å². The molecule has 1 aromatic heterocycles. The summed E-state index contributed by atoms with van der Waals surface area (Å²) in [6.45, 7) is 8.95. The predicted molar refractivity (Wildman–Crippen MR) is 148 cm³/mol. The van der Waals surface area contributed by atoms with Crippen LogP contribution in [-0.2, 0) is 4.74 Å². The molecule has 0 atom stereocenters. The van der Waals surface area contributed by atoms with E-state index in [0.29, 0.717) is 18.1 Å². The Hall–Kier alpha value is -2.70. The summed E-state index contributed by atoms with van der Waals surface area (Å²) < 4.78 is 17.5. The Morgan fingerprint density at radius 2 is 1.50 bits per heavy atom. The van der Waals surface area contributed by atoms with Crippen molar-refractivity contribution < 1.29 is 14.2 Å². The third-order valence-electron chi connectivity index (χ3n) is 7.93. The highest BCUT2D eigenvalue weighted by Gasteiger charge is 2.26. The van der Waals surface area contributed by atoms with Gasteiger partial charge in [0.05, 0.1) is 32.1 Å². The van der Waals surface area contributed by atoms with Crippen LogP contribution in [0.1, 0.15) is 51.0 Å². The van der Waals surface area contributed by atoms with Crippen LogP contribution in [0.5, 0.6) is 11.5 Å². The van der Waals surface area contributed by atoms with Gasteiger partial charge in [0.1, 0.15) is 0 Å². The fourth-order valence-electron chi connectivity index (χ4n) is 5.86. The molecular weight excluding hydrogens is 450 g/mol. The molecule has 0 bridgehead atoms. The average molecular weight is 492 g/mol. The van der Waals surface area contributed by atoms with E-state index in [9.17, 15) is 0 Å². The molecule has 0 unspecified atom stereocenters. The van der Waals surface area contributed by atoms with Crippen LogP contribution in [-0.4, -0.2) is 69.5 Å². The number of likely N-dealkylation sites (tertiary alicyclic amines) is 1. The zero-order valence-electron chi connectivity index (χ0n) is 22.5. The number of H-pyrrole nitrogens is 1. The van der Waals surface area contributed by atoms with Gasteiger partial charge in [0.15, 0.2) is 11.5 Å². The van der Waals surface area contributed by atoms with E-state index in [1.807, 2.05) is 6.07 Å². The number of piperidine rings is 2. The Morgan fingerprint density at radius 3 is 2.14 bits per heavy atom. The minimum absolute atomic E-state index is 0.380. The van der Waals surface area contributed by atoms with Crippen molar-refractivity contribution >= 4 is 16.6 Å². The van der Waals surface area contributed by atoms with Gasteiger partial charge >= 0.3 is 0 Å². The SMILES string of the molecule is COc1ccc(-c2[nH]c3ccc(N4CCC(OC5CCN(C)CC5)CC4)cc3c2C(C)C)cc1OC. The van der Waals surface area contributed by atoms with Crippen molar-refractivity contribution in [3.63, 3.8) is 0 Å². The second kappa shape index (κ2) is 10.7. The minimum Gasteiger partial charge on any atom is -0.493 e. The highest BCUT2D eigenvalue weighted by atomic mass is 16.5. The van der Waals surface area contributed by atoms with Gasteiger partial charge in [0, 0.05) is 48.3 Å². The van der Waals surface area contributed by atoms with Gasteiger partial charge in [-0.2, -0.15) is 0 Å². The summed E-state index contributed by atoms with van der Waals surface area (Å²) in [5.74, 6) is 1.87. The van der Waals surface area contributed by atoms with E-state index >= 15 is 0 Å². The van der Waals surface area contributed by atoms with Gasteiger partial charge in [-0.15, -0.1) is 0 Å². The number of ether oxygens (including phenoxy) is 3. The maximum Gasteiger partial charge on any atom is 0.161 e. The van der Waals surface area contributed by atoms with Crippen molar-refractivity contribution in [1.29, 1.82) is 0 Å². The zero-order valence-corrected chi connectivity index (χ0v) is 22.5. The Morgan fingerprint density at radius 1 is 0.833 bits per heavy atom. The van der Waals surface area contributed by atoms with Crippen LogP contribution in [0.2, 0.25) is 0 Å². The average Bonchev–Trinajstić information content (AvgIpc) is 3.29. The van der Waals surface area contributed by atoms with Gasteiger partial charge < -0.3 is 29.0 Å². The lowest BCUT2D eigenvalue weighted by atomic mass is 9.95. The summed E-state index contributed by atoms with van der Waals surface area (Å²) in [4.78, 5) is 8.63. The van der Waals surface area contributed by atoms with Crippen molar-refractivity contribution in [1.82, 2.24) is 9.88 Å². The molecule has 6 nitrogen and oxygen atoms in total. The molecule has 0 amide bonds. The van der Waals surface area contributed by atoms with Crippen LogP contribution >= 0.6 is 0 Å². The zero-order chi connectivity index (χ0) is 25.2. The van der Waals surface area contributed by atoms with E-state index in [0.717, 1.165) is 61.8 Å². The third kappa shape index (κ3) is 5.07. The predicted octanol–water partition coefficient (Wildman–Crippen LogP) is 6.06. The van der Waals surface area contributed by atoms with Crippen molar-refractivity contribution in [2.75, 3.05) is 52.3 Å². The summed E-state index contributed by atoms with van der Waals surface area (Å²) in [6, 6.07) is 13.0. The van der Waals surface area contributed by atoms with Gasteiger partial charge in [-0.25, -0.2) is 0 Å². The molecule has 1 N–H and O–H groups in total. The molecular formula is C30H41N3O3. The number of aromatic amines is 1. The van der Waals surface area contributed by atoms with Crippen LogP contribution in [0.3, 0.4) is 0 Å². The molecule has 0 spiro atoms. The molecule has 0 saturated carbocycles. The molecule has 2 fully saturated rings. The second-order valence-electron chi connectivity index (χ2n) is 10.7. The number of benzene rings is 2. The molecule has 3 heterocycles. The maximum atomic E-state index is 6.50. The van der Waals surface area contributed by atoms with Crippen LogP contribution in [0.25, 0.3) is 22.2 Å². The third-order valence-corrected chi connectivity index (χ3v) is 7.93. The van der Waals surface area contributed by atoms with Gasteiger partial charge in [0.25, 0.3) is 0 Å². The number of nitrogens with one attached hydrogen (secondary N) is 1. The Labute approximate surface area is 215 Å². The number of hydrogen-bond donors (Lipinski definition) is 1. The lowest BCUT2D eigenvalue weighted by Crippen LogP contribution is -2.41. The van der Waals surface area contributed by atoms with Gasteiger partial charge in [-0.05, 0) is 80.6 Å². The molecule has 36 heavy (non-hydrogen) atoms. The molecule has 5 rings (SSSR count).